The number of carbonyl (C=O) groups excluding carboxylic acids is 1. The number of fused-ring (bicyclic) bond motifs is 1. The molecule has 0 aliphatic carbocycles. The van der Waals surface area contributed by atoms with Crippen LogP contribution < -0.4 is 10.1 Å². The molecule has 3 rings (SSSR count). The van der Waals surface area contributed by atoms with Crippen molar-refractivity contribution in [3.05, 3.63) is 70.5 Å². The summed E-state index contributed by atoms with van der Waals surface area (Å²) in [6, 6.07) is 12.1. The van der Waals surface area contributed by atoms with Gasteiger partial charge in [-0.15, -0.1) is 0 Å². The van der Waals surface area contributed by atoms with Crippen LogP contribution in [0.4, 0.5) is 0 Å². The van der Waals surface area contributed by atoms with Gasteiger partial charge in [-0.05, 0) is 101 Å². The van der Waals surface area contributed by atoms with Crippen LogP contribution in [-0.2, 0) is 0 Å². The first-order valence-corrected chi connectivity index (χ1v) is 11.2. The number of ether oxygens (including phenoxy) is 1. The number of nitrogens with zero attached hydrogens (tertiary/aromatic N) is 1. The molecule has 0 bridgehead atoms. The van der Waals surface area contributed by atoms with Crippen LogP contribution in [0.2, 0.25) is 0 Å². The molecule has 0 aliphatic heterocycles. The lowest BCUT2D eigenvalue weighted by atomic mass is 9.96. The number of pyridine rings is 1. The lowest BCUT2D eigenvalue weighted by Gasteiger charge is -2.20. The standard InChI is InChI=1S/C27H36N2O2/c1-18(2)23-17-22-11-8-9-13-29(22)24(23)25(30)21-15-19(3)26(20(4)16-21)31-14-10-12-28-27(5,6)7/h8-9,11,13,15-18,28H,10,12,14H2,1-7H3. The second-order valence-corrected chi connectivity index (χ2v) is 9.75. The molecule has 0 saturated carbocycles. The van der Waals surface area contributed by atoms with Gasteiger partial charge in [-0.3, -0.25) is 4.79 Å². The van der Waals surface area contributed by atoms with Crippen LogP contribution in [0.15, 0.2) is 42.6 Å². The molecule has 0 amide bonds. The number of nitrogens with one attached hydrogen (secondary N) is 1. The Bertz CT molecular complexity index is 1050. The van der Waals surface area contributed by atoms with E-state index in [2.05, 4.69) is 46.0 Å². The Morgan fingerprint density at radius 1 is 1.10 bits per heavy atom. The van der Waals surface area contributed by atoms with Gasteiger partial charge in [-0.25, -0.2) is 0 Å². The van der Waals surface area contributed by atoms with Crippen LogP contribution in [0.3, 0.4) is 0 Å². The normalized spacial score (nSPS) is 12.0. The summed E-state index contributed by atoms with van der Waals surface area (Å²) in [6.45, 7) is 16.4. The average Bonchev–Trinajstić information content (AvgIpc) is 3.08. The Morgan fingerprint density at radius 3 is 2.39 bits per heavy atom. The maximum Gasteiger partial charge on any atom is 0.210 e. The summed E-state index contributed by atoms with van der Waals surface area (Å²) >= 11 is 0. The average molecular weight is 421 g/mol. The molecule has 31 heavy (non-hydrogen) atoms. The molecule has 1 N–H and O–H groups in total. The molecule has 3 aromatic rings. The summed E-state index contributed by atoms with van der Waals surface area (Å²) in [5, 5.41) is 3.48. The number of carbonyl (C=O) groups is 1. The van der Waals surface area contributed by atoms with Crippen LogP contribution in [0.1, 0.15) is 79.7 Å². The maximum atomic E-state index is 13.6. The summed E-state index contributed by atoms with van der Waals surface area (Å²) in [7, 11) is 0. The van der Waals surface area contributed by atoms with Gasteiger partial charge in [-0.2, -0.15) is 0 Å². The van der Waals surface area contributed by atoms with Crippen molar-refractivity contribution in [2.45, 2.75) is 66.3 Å². The van der Waals surface area contributed by atoms with Gasteiger partial charge in [0.15, 0.2) is 0 Å². The number of rotatable bonds is 8. The third-order valence-electron chi connectivity index (χ3n) is 5.49. The van der Waals surface area contributed by atoms with E-state index in [9.17, 15) is 4.79 Å². The highest BCUT2D eigenvalue weighted by atomic mass is 16.5. The van der Waals surface area contributed by atoms with Crippen molar-refractivity contribution in [1.82, 2.24) is 9.72 Å². The third-order valence-corrected chi connectivity index (χ3v) is 5.49. The van der Waals surface area contributed by atoms with Crippen molar-refractivity contribution in [3.63, 3.8) is 0 Å². The van der Waals surface area contributed by atoms with E-state index >= 15 is 0 Å². The lowest BCUT2D eigenvalue weighted by molar-refractivity contribution is 0.103. The maximum absolute atomic E-state index is 13.6. The van der Waals surface area contributed by atoms with Crippen molar-refractivity contribution < 1.29 is 9.53 Å². The fraction of sp³-hybridized carbons (Fsp3) is 0.444. The zero-order valence-electron chi connectivity index (χ0n) is 20.0. The number of hydrogen-bond acceptors (Lipinski definition) is 3. The van der Waals surface area contributed by atoms with E-state index in [-0.39, 0.29) is 17.2 Å². The van der Waals surface area contributed by atoms with E-state index in [1.165, 1.54) is 0 Å². The van der Waals surface area contributed by atoms with Crippen LogP contribution in [-0.4, -0.2) is 28.9 Å². The first kappa shape index (κ1) is 23.1. The first-order chi connectivity index (χ1) is 14.6. The van der Waals surface area contributed by atoms with Gasteiger partial charge in [0.1, 0.15) is 5.75 Å². The summed E-state index contributed by atoms with van der Waals surface area (Å²) in [4.78, 5) is 13.6. The third kappa shape index (κ3) is 5.37. The summed E-state index contributed by atoms with van der Waals surface area (Å²) in [5.74, 6) is 1.21. The minimum atomic E-state index is 0.0574. The molecule has 0 spiro atoms. The van der Waals surface area contributed by atoms with Crippen LogP contribution in [0, 0.1) is 13.8 Å². The summed E-state index contributed by atoms with van der Waals surface area (Å²) in [6.07, 6.45) is 2.90. The molecule has 0 aliphatic rings. The van der Waals surface area contributed by atoms with Crippen LogP contribution >= 0.6 is 0 Å². The summed E-state index contributed by atoms with van der Waals surface area (Å²) in [5.41, 5.74) is 5.71. The van der Waals surface area contributed by atoms with E-state index in [1.807, 2.05) is 54.8 Å². The molecule has 0 atom stereocenters. The quantitative estimate of drug-likeness (QED) is 0.355. The highest BCUT2D eigenvalue weighted by molar-refractivity contribution is 6.10. The molecule has 2 aromatic heterocycles. The van der Waals surface area contributed by atoms with Crippen LogP contribution in [0.5, 0.6) is 5.75 Å². The second kappa shape index (κ2) is 9.27. The van der Waals surface area contributed by atoms with Crippen molar-refractivity contribution in [2.24, 2.45) is 0 Å². The SMILES string of the molecule is Cc1cc(C(=O)c2c(C(C)C)cc3ccccn23)cc(C)c1OCCCNC(C)(C)C. The predicted octanol–water partition coefficient (Wildman–Crippen LogP) is 6.07. The van der Waals surface area contributed by atoms with Gasteiger partial charge in [0, 0.05) is 22.8 Å². The zero-order valence-corrected chi connectivity index (χ0v) is 20.0. The number of ketones is 1. The fourth-order valence-corrected chi connectivity index (χ4v) is 3.98. The van der Waals surface area contributed by atoms with E-state index in [4.69, 9.17) is 4.74 Å². The molecule has 0 saturated heterocycles. The van der Waals surface area contributed by atoms with E-state index in [1.54, 1.807) is 0 Å². The van der Waals surface area contributed by atoms with Crippen LogP contribution in [0.25, 0.3) is 5.52 Å². The molecule has 0 fully saturated rings. The Labute approximate surface area is 186 Å². The lowest BCUT2D eigenvalue weighted by Crippen LogP contribution is -2.36. The molecule has 0 radical (unpaired) electrons. The topological polar surface area (TPSA) is 42.7 Å². The van der Waals surface area contributed by atoms with Crippen molar-refractivity contribution >= 4 is 11.3 Å². The molecule has 1 aromatic carbocycles. The number of aryl methyl sites for hydroxylation is 2. The van der Waals surface area contributed by atoms with E-state index < -0.39 is 0 Å². The molecule has 166 valence electrons. The first-order valence-electron chi connectivity index (χ1n) is 11.2. The monoisotopic (exact) mass is 420 g/mol. The van der Waals surface area contributed by atoms with Gasteiger partial charge in [-0.1, -0.05) is 19.9 Å². The highest BCUT2D eigenvalue weighted by Crippen LogP contribution is 2.30. The summed E-state index contributed by atoms with van der Waals surface area (Å²) < 4.78 is 8.09. The number of hydrogen-bond donors (Lipinski definition) is 1. The predicted molar refractivity (Wildman–Crippen MR) is 129 cm³/mol. The molecule has 4 heteroatoms. The Kier molecular flexibility index (Phi) is 6.90. The number of benzene rings is 1. The van der Waals surface area contributed by atoms with Crippen molar-refractivity contribution in [3.8, 4) is 5.75 Å². The molecule has 2 heterocycles. The van der Waals surface area contributed by atoms with Gasteiger partial charge in [0.05, 0.1) is 12.3 Å². The van der Waals surface area contributed by atoms with Gasteiger partial charge >= 0.3 is 0 Å². The Morgan fingerprint density at radius 2 is 1.77 bits per heavy atom. The highest BCUT2D eigenvalue weighted by Gasteiger charge is 2.22. The molecule has 0 unspecified atom stereocenters. The van der Waals surface area contributed by atoms with Gasteiger partial charge in [0.2, 0.25) is 5.78 Å². The molecular weight excluding hydrogens is 384 g/mol. The number of aromatic nitrogens is 1. The van der Waals surface area contributed by atoms with E-state index in [0.717, 1.165) is 46.6 Å². The van der Waals surface area contributed by atoms with Gasteiger partial charge < -0.3 is 14.5 Å². The largest absolute Gasteiger partial charge is 0.493 e. The Balaban J connectivity index is 1.83. The smallest absolute Gasteiger partial charge is 0.210 e. The fourth-order valence-electron chi connectivity index (χ4n) is 3.98. The second-order valence-electron chi connectivity index (χ2n) is 9.75. The molecule has 4 nitrogen and oxygen atoms in total. The Hall–Kier alpha value is -2.59. The van der Waals surface area contributed by atoms with Crippen molar-refractivity contribution in [1.29, 1.82) is 0 Å². The van der Waals surface area contributed by atoms with E-state index in [0.29, 0.717) is 12.2 Å². The van der Waals surface area contributed by atoms with Gasteiger partial charge in [0.25, 0.3) is 0 Å². The minimum Gasteiger partial charge on any atom is -0.493 e. The minimum absolute atomic E-state index is 0.0574. The zero-order chi connectivity index (χ0) is 22.8. The van der Waals surface area contributed by atoms with Crippen molar-refractivity contribution in [2.75, 3.05) is 13.2 Å². The molecular formula is C27H36N2O2.